The number of nitrogens with zero attached hydrogens (tertiary/aromatic N) is 5. The summed E-state index contributed by atoms with van der Waals surface area (Å²) in [5.41, 5.74) is 3.50. The van der Waals surface area contributed by atoms with Gasteiger partial charge >= 0.3 is 0 Å². The Morgan fingerprint density at radius 3 is 2.42 bits per heavy atom. The summed E-state index contributed by atoms with van der Waals surface area (Å²) >= 11 is 0. The van der Waals surface area contributed by atoms with Crippen LogP contribution in [0.25, 0.3) is 10.9 Å². The lowest BCUT2D eigenvalue weighted by atomic mass is 10.1. The van der Waals surface area contributed by atoms with Crippen LogP contribution in [0, 0.1) is 17.0 Å². The number of aromatic nitrogens is 2. The van der Waals surface area contributed by atoms with Crippen LogP contribution in [0.5, 0.6) is 0 Å². The smallest absolute Gasteiger partial charge is 0.295 e. The Balaban J connectivity index is 1.66. The van der Waals surface area contributed by atoms with Gasteiger partial charge in [0.15, 0.2) is 5.52 Å². The molecule has 132 valence electrons. The van der Waals surface area contributed by atoms with Gasteiger partial charge in [-0.3, -0.25) is 15.1 Å². The number of para-hydroxylation sites is 1. The Kier molecular flexibility index (Phi) is 4.12. The molecule has 0 atom stereocenters. The lowest BCUT2D eigenvalue weighted by Gasteiger charge is -2.37. The van der Waals surface area contributed by atoms with Crippen molar-refractivity contribution in [2.45, 2.75) is 6.92 Å². The van der Waals surface area contributed by atoms with Crippen molar-refractivity contribution < 1.29 is 4.92 Å². The summed E-state index contributed by atoms with van der Waals surface area (Å²) in [7, 11) is 0. The summed E-state index contributed by atoms with van der Waals surface area (Å²) < 4.78 is 0. The molecule has 3 aromatic rings. The fourth-order valence-electron chi connectivity index (χ4n) is 3.51. The summed E-state index contributed by atoms with van der Waals surface area (Å²) in [5.74, 6) is 0. The van der Waals surface area contributed by atoms with Crippen LogP contribution >= 0.6 is 0 Å². The normalized spacial score (nSPS) is 14.7. The van der Waals surface area contributed by atoms with Gasteiger partial charge in [-0.25, -0.2) is 4.98 Å². The van der Waals surface area contributed by atoms with Crippen molar-refractivity contribution in [3.05, 3.63) is 64.6 Å². The number of aryl methyl sites for hydroxylation is 1. The number of benzene rings is 1. The van der Waals surface area contributed by atoms with Gasteiger partial charge in [0.05, 0.1) is 4.92 Å². The van der Waals surface area contributed by atoms with Gasteiger partial charge in [-0.05, 0) is 25.1 Å². The molecule has 26 heavy (non-hydrogen) atoms. The number of nitro groups is 1. The highest BCUT2D eigenvalue weighted by molar-refractivity contribution is 5.97. The second-order valence-electron chi connectivity index (χ2n) is 6.39. The largest absolute Gasteiger partial charge is 0.368 e. The highest BCUT2D eigenvalue weighted by atomic mass is 16.6. The van der Waals surface area contributed by atoms with E-state index < -0.39 is 0 Å². The zero-order valence-corrected chi connectivity index (χ0v) is 14.5. The highest BCUT2D eigenvalue weighted by Gasteiger charge is 2.22. The van der Waals surface area contributed by atoms with E-state index >= 15 is 0 Å². The van der Waals surface area contributed by atoms with Gasteiger partial charge in [0.25, 0.3) is 5.69 Å². The molecule has 0 saturated carbocycles. The number of hydrogen-bond acceptors (Lipinski definition) is 6. The van der Waals surface area contributed by atoms with Crippen molar-refractivity contribution in [2.24, 2.45) is 0 Å². The number of nitro benzene ring substituents is 1. The summed E-state index contributed by atoms with van der Waals surface area (Å²) in [5, 5.41) is 12.2. The molecule has 4 rings (SSSR count). The molecule has 2 aromatic heterocycles. The van der Waals surface area contributed by atoms with Gasteiger partial charge in [-0.15, -0.1) is 0 Å². The van der Waals surface area contributed by atoms with E-state index in [9.17, 15) is 10.1 Å². The molecule has 7 heteroatoms. The van der Waals surface area contributed by atoms with Crippen LogP contribution in [0.1, 0.15) is 5.69 Å². The van der Waals surface area contributed by atoms with Crippen molar-refractivity contribution in [2.75, 3.05) is 36.0 Å². The van der Waals surface area contributed by atoms with E-state index in [0.717, 1.165) is 42.9 Å². The topological polar surface area (TPSA) is 75.4 Å². The van der Waals surface area contributed by atoms with Crippen LogP contribution in [-0.4, -0.2) is 41.1 Å². The summed E-state index contributed by atoms with van der Waals surface area (Å²) in [6.07, 6.45) is 3.61. The maximum absolute atomic E-state index is 11.4. The zero-order chi connectivity index (χ0) is 18.1. The molecule has 0 bridgehead atoms. The maximum Gasteiger partial charge on any atom is 0.295 e. The van der Waals surface area contributed by atoms with Crippen LogP contribution in [0.2, 0.25) is 0 Å². The van der Waals surface area contributed by atoms with Gasteiger partial charge < -0.3 is 9.80 Å². The number of piperazine rings is 1. The molecule has 0 N–H and O–H groups in total. The summed E-state index contributed by atoms with van der Waals surface area (Å²) in [6.45, 7) is 5.36. The van der Waals surface area contributed by atoms with Gasteiger partial charge in [0.1, 0.15) is 0 Å². The van der Waals surface area contributed by atoms with Crippen molar-refractivity contribution in [3.63, 3.8) is 0 Å². The quantitative estimate of drug-likeness (QED) is 0.534. The first-order chi connectivity index (χ1) is 12.6. The second-order valence-corrected chi connectivity index (χ2v) is 6.39. The Hall–Kier alpha value is -3.22. The number of hydrogen-bond donors (Lipinski definition) is 0. The molecule has 0 amide bonds. The maximum atomic E-state index is 11.4. The van der Waals surface area contributed by atoms with E-state index in [1.165, 1.54) is 11.8 Å². The van der Waals surface area contributed by atoms with Crippen molar-refractivity contribution in [1.82, 2.24) is 9.97 Å². The van der Waals surface area contributed by atoms with Crippen molar-refractivity contribution in [1.29, 1.82) is 0 Å². The van der Waals surface area contributed by atoms with E-state index in [2.05, 4.69) is 19.8 Å². The Morgan fingerprint density at radius 1 is 1.04 bits per heavy atom. The summed E-state index contributed by atoms with van der Waals surface area (Å²) in [4.78, 5) is 24.1. The first kappa shape index (κ1) is 16.3. The molecule has 3 heterocycles. The highest BCUT2D eigenvalue weighted by Crippen LogP contribution is 2.32. The molecule has 1 aromatic carbocycles. The molecule has 0 unspecified atom stereocenters. The van der Waals surface area contributed by atoms with Crippen LogP contribution in [0.3, 0.4) is 0 Å². The minimum absolute atomic E-state index is 0.0582. The molecule has 1 aliphatic rings. The van der Waals surface area contributed by atoms with Crippen molar-refractivity contribution in [3.8, 4) is 0 Å². The predicted octanol–water partition coefficient (Wildman–Crippen LogP) is 3.17. The fourth-order valence-corrected chi connectivity index (χ4v) is 3.51. The molecule has 7 nitrogen and oxygen atoms in total. The molecular weight excluding hydrogens is 330 g/mol. The minimum Gasteiger partial charge on any atom is -0.368 e. The summed E-state index contributed by atoms with van der Waals surface area (Å²) in [6, 6.07) is 11.2. The van der Waals surface area contributed by atoms with Gasteiger partial charge in [0, 0.05) is 67.1 Å². The Morgan fingerprint density at radius 2 is 1.73 bits per heavy atom. The Labute approximate surface area is 151 Å². The second kappa shape index (κ2) is 6.59. The number of anilines is 2. The number of pyridine rings is 2. The van der Waals surface area contributed by atoms with E-state index in [1.54, 1.807) is 18.5 Å². The van der Waals surface area contributed by atoms with Crippen LogP contribution in [0.15, 0.2) is 48.8 Å². The van der Waals surface area contributed by atoms with E-state index in [-0.39, 0.29) is 10.6 Å². The number of fused-ring (bicyclic) bond motifs is 1. The van der Waals surface area contributed by atoms with E-state index in [4.69, 9.17) is 0 Å². The predicted molar refractivity (Wildman–Crippen MR) is 102 cm³/mol. The molecule has 0 radical (unpaired) electrons. The van der Waals surface area contributed by atoms with E-state index in [1.807, 2.05) is 31.2 Å². The van der Waals surface area contributed by atoms with Gasteiger partial charge in [-0.1, -0.05) is 12.1 Å². The SMILES string of the molecule is Cc1cc(N2CCN(c3ccncc3)CC2)c2cccc([N+](=O)[O-])c2n1. The van der Waals surface area contributed by atoms with Crippen LogP contribution < -0.4 is 9.80 Å². The Bertz CT molecular complexity index is 953. The third-order valence-electron chi connectivity index (χ3n) is 4.77. The number of non-ortho nitro benzene ring substituents is 1. The molecule has 0 spiro atoms. The fraction of sp³-hybridized carbons (Fsp3) is 0.263. The first-order valence-electron chi connectivity index (χ1n) is 8.58. The average molecular weight is 349 g/mol. The lowest BCUT2D eigenvalue weighted by molar-refractivity contribution is -0.383. The molecule has 1 saturated heterocycles. The first-order valence-corrected chi connectivity index (χ1v) is 8.58. The molecular formula is C19H19N5O2. The molecule has 1 aliphatic heterocycles. The standard InChI is InChI=1S/C19H19N5O2/c1-14-13-18(16-3-2-4-17(24(25)26)19(16)21-14)23-11-9-22(10-12-23)15-5-7-20-8-6-15/h2-8,13H,9-12H2,1H3. The van der Waals surface area contributed by atoms with Crippen LogP contribution in [0.4, 0.5) is 17.1 Å². The zero-order valence-electron chi connectivity index (χ0n) is 14.5. The van der Waals surface area contributed by atoms with E-state index in [0.29, 0.717) is 5.52 Å². The van der Waals surface area contributed by atoms with Gasteiger partial charge in [0.2, 0.25) is 0 Å². The third kappa shape index (κ3) is 2.92. The lowest BCUT2D eigenvalue weighted by Crippen LogP contribution is -2.46. The van der Waals surface area contributed by atoms with Gasteiger partial charge in [-0.2, -0.15) is 0 Å². The molecule has 0 aliphatic carbocycles. The van der Waals surface area contributed by atoms with Crippen molar-refractivity contribution >= 4 is 28.0 Å². The third-order valence-corrected chi connectivity index (χ3v) is 4.77. The number of rotatable bonds is 3. The average Bonchev–Trinajstić information content (AvgIpc) is 2.67. The van der Waals surface area contributed by atoms with Crippen LogP contribution in [-0.2, 0) is 0 Å². The minimum atomic E-state index is -0.361. The monoisotopic (exact) mass is 349 g/mol. The molecule has 1 fully saturated rings.